The van der Waals surface area contributed by atoms with Gasteiger partial charge in [0.25, 0.3) is 0 Å². The Labute approximate surface area is 291 Å². The first-order valence-electron chi connectivity index (χ1n) is 18.1. The lowest BCUT2D eigenvalue weighted by atomic mass is 9.33. The molecule has 0 aliphatic heterocycles. The Kier molecular flexibility index (Phi) is 9.68. The molecule has 0 heterocycles. The van der Waals surface area contributed by atoms with Crippen LogP contribution in [0.25, 0.3) is 0 Å². The monoisotopic (exact) mass is 686 g/mol. The van der Waals surface area contributed by atoms with Crippen molar-refractivity contribution >= 4 is 29.8 Å². The number of fused-ring (bicyclic) bond motifs is 7. The Morgan fingerprint density at radius 2 is 1.33 bits per heavy atom. The zero-order valence-corrected chi connectivity index (χ0v) is 31.3. The molecule has 0 aromatic heterocycles. The van der Waals surface area contributed by atoms with E-state index >= 15 is 0 Å². The van der Waals surface area contributed by atoms with Gasteiger partial charge < -0.3 is 23.7 Å². The Hall–Kier alpha value is -2.91. The number of carbonyl (C=O) groups is 5. The van der Waals surface area contributed by atoms with Crippen molar-refractivity contribution in [3.05, 3.63) is 11.6 Å². The lowest BCUT2D eigenvalue weighted by molar-refractivity contribution is -0.268. The average Bonchev–Trinajstić information content (AvgIpc) is 2.99. The van der Waals surface area contributed by atoms with Gasteiger partial charge in [0.15, 0.2) is 6.10 Å². The van der Waals surface area contributed by atoms with Crippen molar-refractivity contribution in [1.82, 2.24) is 0 Å². The molecule has 0 bridgehead atoms. The number of hydrogen-bond acceptors (Lipinski definition) is 10. The number of rotatable bonds is 7. The molecule has 10 nitrogen and oxygen atoms in total. The standard InChI is InChI=1S/C39H58O10/c1-23(40)46-21-39(22-47-24(2)41)31-13-14-37(9)30(35(31,7)20-29(48-25(3)42)32(39)49-26(4)43)12-11-27-28-19-34(5,6)15-17-38(28,33(44)45-10)18-16-36(27,37)8/h11,28-32H,12-22H2,1-10H3/t28-,29+,30+,31+,32-,35+,36+,37+,38-/m0/s1. The molecule has 10 heteroatoms. The van der Waals surface area contributed by atoms with Crippen molar-refractivity contribution in [3.8, 4) is 0 Å². The maximum atomic E-state index is 13.6. The Morgan fingerprint density at radius 1 is 0.735 bits per heavy atom. The van der Waals surface area contributed by atoms with E-state index in [0.29, 0.717) is 12.8 Å². The molecule has 0 aromatic carbocycles. The molecule has 0 unspecified atom stereocenters. The summed E-state index contributed by atoms with van der Waals surface area (Å²) in [6.07, 6.45) is 7.63. The van der Waals surface area contributed by atoms with E-state index in [2.05, 4.69) is 40.7 Å². The molecule has 5 rings (SSSR count). The summed E-state index contributed by atoms with van der Waals surface area (Å²) in [7, 11) is 1.51. The van der Waals surface area contributed by atoms with Crippen LogP contribution in [-0.4, -0.2) is 62.4 Å². The van der Waals surface area contributed by atoms with Crippen LogP contribution in [-0.2, 0) is 47.7 Å². The minimum absolute atomic E-state index is 0.0891. The van der Waals surface area contributed by atoms with E-state index in [9.17, 15) is 24.0 Å². The summed E-state index contributed by atoms with van der Waals surface area (Å²) in [6, 6.07) is 0. The average molecular weight is 687 g/mol. The van der Waals surface area contributed by atoms with Crippen molar-refractivity contribution in [1.29, 1.82) is 0 Å². The fourth-order valence-corrected chi connectivity index (χ4v) is 12.1. The van der Waals surface area contributed by atoms with Crippen LogP contribution in [0.4, 0.5) is 0 Å². The third kappa shape index (κ3) is 5.90. The van der Waals surface area contributed by atoms with Gasteiger partial charge in [-0.1, -0.05) is 46.3 Å². The summed E-state index contributed by atoms with van der Waals surface area (Å²) in [4.78, 5) is 63.7. The number of hydrogen-bond donors (Lipinski definition) is 0. The fraction of sp³-hybridized carbons (Fsp3) is 0.821. The van der Waals surface area contributed by atoms with Gasteiger partial charge in [0.2, 0.25) is 0 Å². The van der Waals surface area contributed by atoms with Crippen molar-refractivity contribution in [2.75, 3.05) is 20.3 Å². The first-order chi connectivity index (χ1) is 22.7. The predicted molar refractivity (Wildman–Crippen MR) is 179 cm³/mol. The predicted octanol–water partition coefficient (Wildman–Crippen LogP) is 6.52. The minimum Gasteiger partial charge on any atom is -0.469 e. The molecule has 9 atom stereocenters. The highest BCUT2D eigenvalue weighted by Crippen LogP contribution is 2.76. The highest BCUT2D eigenvalue weighted by atomic mass is 16.6. The summed E-state index contributed by atoms with van der Waals surface area (Å²) in [5.74, 6) is -2.21. The zero-order valence-electron chi connectivity index (χ0n) is 31.3. The molecular formula is C39H58O10. The van der Waals surface area contributed by atoms with Crippen LogP contribution in [0.15, 0.2) is 11.6 Å². The van der Waals surface area contributed by atoms with Crippen molar-refractivity contribution in [3.63, 3.8) is 0 Å². The lowest BCUT2D eigenvalue weighted by Crippen LogP contribution is -2.70. The Bertz CT molecular complexity index is 1400. The normalized spacial score (nSPS) is 40.0. The molecule has 5 aliphatic carbocycles. The van der Waals surface area contributed by atoms with Gasteiger partial charge in [0.05, 0.1) is 17.9 Å². The molecular weight excluding hydrogens is 628 g/mol. The van der Waals surface area contributed by atoms with Gasteiger partial charge in [-0.05, 0) is 97.2 Å². The Morgan fingerprint density at radius 3 is 1.88 bits per heavy atom. The second-order valence-electron chi connectivity index (χ2n) is 17.5. The van der Waals surface area contributed by atoms with Crippen LogP contribution in [0.3, 0.4) is 0 Å². The molecule has 4 saturated carbocycles. The third-order valence-corrected chi connectivity index (χ3v) is 14.4. The molecule has 0 N–H and O–H groups in total. The van der Waals surface area contributed by atoms with Crippen LogP contribution in [0, 0.1) is 50.2 Å². The van der Waals surface area contributed by atoms with E-state index in [1.807, 2.05) is 0 Å². The number of esters is 5. The van der Waals surface area contributed by atoms with Crippen LogP contribution in [0.1, 0.15) is 120 Å². The fourth-order valence-electron chi connectivity index (χ4n) is 12.1. The highest BCUT2D eigenvalue weighted by molar-refractivity contribution is 5.78. The SMILES string of the molecule is COC(=O)[C@]12CCC(C)(C)C[C@H]1C1=CC[C@@H]3[C@@]4(C)C[C@@H](OC(C)=O)[C@H](OC(C)=O)C(COC(C)=O)(COC(C)=O)[C@@H]4CC[C@@]3(C)[C@]1(C)CC2. The second-order valence-corrected chi connectivity index (χ2v) is 17.5. The van der Waals surface area contributed by atoms with E-state index in [1.54, 1.807) is 0 Å². The van der Waals surface area contributed by atoms with E-state index in [4.69, 9.17) is 23.7 Å². The summed E-state index contributed by atoms with van der Waals surface area (Å²) >= 11 is 0. The van der Waals surface area contributed by atoms with Crippen molar-refractivity contribution in [2.24, 2.45) is 50.2 Å². The summed E-state index contributed by atoms with van der Waals surface area (Å²) in [5, 5.41) is 0. The van der Waals surface area contributed by atoms with Gasteiger partial charge >= 0.3 is 29.8 Å². The van der Waals surface area contributed by atoms with Crippen LogP contribution in [0.5, 0.6) is 0 Å². The highest BCUT2D eigenvalue weighted by Gasteiger charge is 2.73. The lowest BCUT2D eigenvalue weighted by Gasteiger charge is -2.71. The van der Waals surface area contributed by atoms with Crippen LogP contribution in [0.2, 0.25) is 0 Å². The zero-order chi connectivity index (χ0) is 36.4. The van der Waals surface area contributed by atoms with E-state index in [0.717, 1.165) is 44.9 Å². The van der Waals surface area contributed by atoms with Gasteiger partial charge in [-0.3, -0.25) is 24.0 Å². The van der Waals surface area contributed by atoms with Gasteiger partial charge in [0.1, 0.15) is 19.3 Å². The molecule has 0 amide bonds. The molecule has 0 saturated heterocycles. The molecule has 5 aliphatic rings. The maximum absolute atomic E-state index is 13.6. The summed E-state index contributed by atoms with van der Waals surface area (Å²) < 4.78 is 29.0. The van der Waals surface area contributed by atoms with Crippen LogP contribution < -0.4 is 0 Å². The molecule has 0 spiro atoms. The quantitative estimate of drug-likeness (QED) is 0.166. The number of ether oxygens (including phenoxy) is 5. The molecule has 0 aromatic rings. The number of allylic oxidation sites excluding steroid dienone is 2. The maximum Gasteiger partial charge on any atom is 0.312 e. The number of carbonyl (C=O) groups excluding carboxylic acids is 5. The van der Waals surface area contributed by atoms with Crippen LogP contribution >= 0.6 is 0 Å². The first-order valence-corrected chi connectivity index (χ1v) is 18.1. The second kappa shape index (κ2) is 12.7. The summed E-state index contributed by atoms with van der Waals surface area (Å²) in [6.45, 7) is 16.6. The largest absolute Gasteiger partial charge is 0.469 e. The smallest absolute Gasteiger partial charge is 0.312 e. The molecule has 0 radical (unpaired) electrons. The topological polar surface area (TPSA) is 132 Å². The van der Waals surface area contributed by atoms with E-state index in [-0.39, 0.29) is 53.2 Å². The molecule has 4 fully saturated rings. The van der Waals surface area contributed by atoms with Gasteiger partial charge in [-0.15, -0.1) is 0 Å². The van der Waals surface area contributed by atoms with Gasteiger partial charge in [0, 0.05) is 27.7 Å². The first kappa shape index (κ1) is 37.3. The van der Waals surface area contributed by atoms with E-state index in [1.165, 1.54) is 40.4 Å². The van der Waals surface area contributed by atoms with Crippen molar-refractivity contribution < 1.29 is 47.7 Å². The van der Waals surface area contributed by atoms with Crippen molar-refractivity contribution in [2.45, 2.75) is 132 Å². The van der Waals surface area contributed by atoms with Gasteiger partial charge in [-0.25, -0.2) is 0 Å². The summed E-state index contributed by atoms with van der Waals surface area (Å²) in [5.41, 5.74) is -1.12. The molecule has 274 valence electrons. The third-order valence-electron chi connectivity index (χ3n) is 14.4. The van der Waals surface area contributed by atoms with Gasteiger partial charge in [-0.2, -0.15) is 0 Å². The Balaban J connectivity index is 1.67. The number of methoxy groups -OCH3 is 1. The minimum atomic E-state index is -1.16. The molecule has 49 heavy (non-hydrogen) atoms. The van der Waals surface area contributed by atoms with E-state index < -0.39 is 52.3 Å².